The Morgan fingerprint density at radius 1 is 0.387 bits per heavy atom. The fourth-order valence-electron chi connectivity index (χ4n) is 7.91. The monoisotopic (exact) mass is 863 g/mol. The number of esters is 4. The van der Waals surface area contributed by atoms with Gasteiger partial charge in [-0.1, -0.05) is 171 Å². The maximum absolute atomic E-state index is 13.8. The number of hydrogen-bond acceptors (Lipinski definition) is 8. The first-order valence-corrected chi connectivity index (χ1v) is 25.0. The summed E-state index contributed by atoms with van der Waals surface area (Å²) in [6.45, 7) is 18.6. The van der Waals surface area contributed by atoms with Gasteiger partial charge in [0.05, 0.1) is 23.7 Å². The van der Waals surface area contributed by atoms with Crippen molar-refractivity contribution in [1.29, 1.82) is 0 Å². The molecule has 0 aliphatic heterocycles. The van der Waals surface area contributed by atoms with Crippen molar-refractivity contribution in [1.82, 2.24) is 0 Å². The molecule has 0 radical (unpaired) electrons. The first-order valence-electron chi connectivity index (χ1n) is 25.0. The Hall–Kier alpha value is -3.68. The van der Waals surface area contributed by atoms with Crippen molar-refractivity contribution in [2.24, 2.45) is 29.6 Å². The average molecular weight is 863 g/mol. The number of unbranched alkanes of at least 4 members (excludes halogenated alkanes) is 12. The van der Waals surface area contributed by atoms with Gasteiger partial charge in [-0.05, 0) is 86.3 Å². The zero-order valence-corrected chi connectivity index (χ0v) is 40.6. The molecule has 0 aliphatic carbocycles. The molecule has 0 saturated carbocycles. The van der Waals surface area contributed by atoms with Gasteiger partial charge in [-0.2, -0.15) is 0 Å². The summed E-state index contributed by atoms with van der Waals surface area (Å²) in [6, 6.07) is 10.8. The molecule has 8 nitrogen and oxygen atoms in total. The smallest absolute Gasteiger partial charge is 0.314 e. The average Bonchev–Trinajstić information content (AvgIpc) is 3.25. The molecule has 0 saturated heterocycles. The first kappa shape index (κ1) is 54.5. The predicted molar refractivity (Wildman–Crippen MR) is 253 cm³/mol. The van der Waals surface area contributed by atoms with Crippen LogP contribution >= 0.6 is 0 Å². The van der Waals surface area contributed by atoms with Crippen LogP contribution in [0.3, 0.4) is 0 Å². The summed E-state index contributed by atoms with van der Waals surface area (Å²) in [4.78, 5) is 52.8. The number of hydrogen-bond donors (Lipinski definition) is 0. The van der Waals surface area contributed by atoms with Gasteiger partial charge in [-0.3, -0.25) is 19.2 Å². The van der Waals surface area contributed by atoms with Crippen LogP contribution in [0.25, 0.3) is 0 Å². The van der Waals surface area contributed by atoms with Gasteiger partial charge in [0.1, 0.15) is 23.0 Å². The van der Waals surface area contributed by atoms with Crippen LogP contribution in [0, 0.1) is 29.6 Å². The zero-order chi connectivity index (χ0) is 45.7. The lowest BCUT2D eigenvalue weighted by molar-refractivity contribution is -0.140. The maximum Gasteiger partial charge on any atom is 0.314 e. The van der Waals surface area contributed by atoms with Crippen LogP contribution in [0.5, 0.6) is 23.0 Å². The summed E-state index contributed by atoms with van der Waals surface area (Å²) in [5.74, 6) is 0.0209. The van der Waals surface area contributed by atoms with Crippen LogP contribution in [-0.4, -0.2) is 23.9 Å². The van der Waals surface area contributed by atoms with Crippen molar-refractivity contribution in [2.45, 2.75) is 216 Å². The third-order valence-corrected chi connectivity index (χ3v) is 12.3. The van der Waals surface area contributed by atoms with Crippen molar-refractivity contribution in [3.05, 3.63) is 47.5 Å². The number of aryl methyl sites for hydroxylation is 2. The number of benzene rings is 2. The molecule has 0 aromatic heterocycles. The largest absolute Gasteiger partial charge is 0.426 e. The lowest BCUT2D eigenvalue weighted by atomic mass is 9.88. The van der Waals surface area contributed by atoms with Crippen LogP contribution in [0.1, 0.15) is 215 Å². The lowest BCUT2D eigenvalue weighted by Gasteiger charge is -2.21. The van der Waals surface area contributed by atoms with Gasteiger partial charge in [0.2, 0.25) is 0 Å². The van der Waals surface area contributed by atoms with E-state index in [1.165, 1.54) is 38.5 Å². The molecule has 0 N–H and O–H groups in total. The minimum Gasteiger partial charge on any atom is -0.426 e. The summed E-state index contributed by atoms with van der Waals surface area (Å²) < 4.78 is 23.5. The van der Waals surface area contributed by atoms with Gasteiger partial charge in [-0.25, -0.2) is 0 Å². The quantitative estimate of drug-likeness (QED) is 0.0389. The van der Waals surface area contributed by atoms with Gasteiger partial charge >= 0.3 is 23.9 Å². The fraction of sp³-hybridized carbons (Fsp3) is 0.704. The molecule has 62 heavy (non-hydrogen) atoms. The minimum absolute atomic E-state index is 0.194. The highest BCUT2D eigenvalue weighted by Crippen LogP contribution is 2.30. The number of rotatable bonds is 34. The van der Waals surface area contributed by atoms with E-state index in [4.69, 9.17) is 18.9 Å². The fourth-order valence-corrected chi connectivity index (χ4v) is 7.91. The van der Waals surface area contributed by atoms with E-state index in [2.05, 4.69) is 27.7 Å². The van der Waals surface area contributed by atoms with Crippen LogP contribution in [0.4, 0.5) is 0 Å². The van der Waals surface area contributed by atoms with E-state index in [0.717, 1.165) is 120 Å². The molecule has 2 aromatic carbocycles. The molecular formula is C54H86O8. The van der Waals surface area contributed by atoms with E-state index in [1.54, 1.807) is 12.1 Å². The molecule has 0 aliphatic rings. The number of ether oxygens (including phenoxy) is 4. The summed E-state index contributed by atoms with van der Waals surface area (Å²) in [5, 5.41) is 0. The van der Waals surface area contributed by atoms with Crippen molar-refractivity contribution in [2.75, 3.05) is 0 Å². The third-order valence-electron chi connectivity index (χ3n) is 12.3. The summed E-state index contributed by atoms with van der Waals surface area (Å²) in [7, 11) is 0. The molecule has 2 rings (SSSR count). The van der Waals surface area contributed by atoms with Gasteiger partial charge in [0.15, 0.2) is 0 Å². The maximum atomic E-state index is 13.8. The topological polar surface area (TPSA) is 105 Å². The SMILES string of the molecule is CCCCCCCC(C)C(=O)Oc1cc(CC)cc(OC(=O)C(CCCCCCC)CC(C)CCCCC(C)C(=O)Oc2cc(CC)cc(OC(=O)C(C)CCCCCC)c2)c1. The Balaban J connectivity index is 1.96. The highest BCUT2D eigenvalue weighted by Gasteiger charge is 2.25. The Labute approximate surface area is 377 Å². The van der Waals surface area contributed by atoms with Crippen LogP contribution in [0.2, 0.25) is 0 Å². The molecule has 0 amide bonds. The van der Waals surface area contributed by atoms with E-state index >= 15 is 0 Å². The molecule has 350 valence electrons. The van der Waals surface area contributed by atoms with Crippen LogP contribution in [0.15, 0.2) is 36.4 Å². The second kappa shape index (κ2) is 32.0. The van der Waals surface area contributed by atoms with Gasteiger partial charge in [-0.15, -0.1) is 0 Å². The summed E-state index contributed by atoms with van der Waals surface area (Å²) in [5.41, 5.74) is 1.89. The minimum atomic E-state index is -0.295. The molecule has 0 fully saturated rings. The third kappa shape index (κ3) is 22.6. The molecule has 0 heterocycles. The van der Waals surface area contributed by atoms with Crippen LogP contribution in [-0.2, 0) is 32.0 Å². The number of carbonyl (C=O) groups excluding carboxylic acids is 4. The zero-order valence-electron chi connectivity index (χ0n) is 40.6. The Morgan fingerprint density at radius 3 is 1.06 bits per heavy atom. The number of carbonyl (C=O) groups is 4. The standard InChI is InChI=1S/C54H86O8/c1-10-15-18-21-24-30-42(8)52(56)61-49-36-45(14-5)37-50(39-49)62-54(58)46(32-25-22-19-16-11-2)33-40(6)28-26-27-31-43(9)53(57)60-48-35-44(13-4)34-47(38-48)59-51(55)41(7)29-23-20-17-12-3/h34-43,46H,10-33H2,1-9H3. The van der Waals surface area contributed by atoms with E-state index in [9.17, 15) is 19.2 Å². The van der Waals surface area contributed by atoms with E-state index < -0.39 is 0 Å². The van der Waals surface area contributed by atoms with Gasteiger partial charge < -0.3 is 18.9 Å². The lowest BCUT2D eigenvalue weighted by Crippen LogP contribution is -2.23. The molecule has 0 bridgehead atoms. The normalized spacial score (nSPS) is 13.8. The molecule has 2 aromatic rings. The Kier molecular flexibility index (Phi) is 28.1. The Morgan fingerprint density at radius 2 is 0.694 bits per heavy atom. The Bertz CT molecular complexity index is 1580. The highest BCUT2D eigenvalue weighted by molar-refractivity contribution is 5.77. The van der Waals surface area contributed by atoms with Crippen molar-refractivity contribution in [3.8, 4) is 23.0 Å². The van der Waals surface area contributed by atoms with E-state index in [0.29, 0.717) is 35.3 Å². The first-order chi connectivity index (χ1) is 29.8. The van der Waals surface area contributed by atoms with Gasteiger partial charge in [0.25, 0.3) is 0 Å². The molecule has 8 heteroatoms. The molecule has 0 spiro atoms. The van der Waals surface area contributed by atoms with Gasteiger partial charge in [0, 0.05) is 12.1 Å². The highest BCUT2D eigenvalue weighted by atomic mass is 16.6. The van der Waals surface area contributed by atoms with Crippen molar-refractivity contribution >= 4 is 23.9 Å². The van der Waals surface area contributed by atoms with Crippen molar-refractivity contribution < 1.29 is 38.1 Å². The summed E-state index contributed by atoms with van der Waals surface area (Å²) >= 11 is 0. The molecule has 5 atom stereocenters. The molecule has 5 unspecified atom stereocenters. The summed E-state index contributed by atoms with van der Waals surface area (Å²) in [6.07, 6.45) is 23.8. The predicted octanol–water partition coefficient (Wildman–Crippen LogP) is 14.9. The molecular weight excluding hydrogens is 777 g/mol. The van der Waals surface area contributed by atoms with Crippen molar-refractivity contribution in [3.63, 3.8) is 0 Å². The van der Waals surface area contributed by atoms with E-state index in [-0.39, 0.29) is 47.5 Å². The van der Waals surface area contributed by atoms with Crippen LogP contribution < -0.4 is 18.9 Å². The second-order valence-corrected chi connectivity index (χ2v) is 18.3. The van der Waals surface area contributed by atoms with E-state index in [1.807, 2.05) is 58.9 Å². The second-order valence-electron chi connectivity index (χ2n) is 18.3.